The average Bonchev–Trinajstić information content (AvgIpc) is 3.84. The molecule has 2 bridgehead atoms. The van der Waals surface area contributed by atoms with E-state index in [-0.39, 0.29) is 0 Å². The van der Waals surface area contributed by atoms with Gasteiger partial charge in [-0.05, 0) is 109 Å². The monoisotopic (exact) mass is 616 g/mol. The van der Waals surface area contributed by atoms with E-state index >= 15 is 0 Å². The zero-order chi connectivity index (χ0) is 31.2. The largest absolute Gasteiger partial charge is 0.309 e. The van der Waals surface area contributed by atoms with Gasteiger partial charge in [0.1, 0.15) is 0 Å². The highest BCUT2D eigenvalue weighted by Crippen LogP contribution is 2.90. The third kappa shape index (κ3) is 2.83. The van der Waals surface area contributed by atoms with E-state index in [0.717, 1.165) is 11.8 Å². The van der Waals surface area contributed by atoms with Crippen LogP contribution >= 0.6 is 0 Å². The first-order chi connectivity index (χ1) is 23.7. The molecule has 0 amide bonds. The molecule has 230 valence electrons. The van der Waals surface area contributed by atoms with Gasteiger partial charge in [-0.2, -0.15) is 0 Å². The highest BCUT2D eigenvalue weighted by Gasteiger charge is 2.86. The number of hydrogen-bond donors (Lipinski definition) is 0. The summed E-state index contributed by atoms with van der Waals surface area (Å²) in [7, 11) is 0. The number of aromatic nitrogens is 2. The molecule has 2 atom stereocenters. The van der Waals surface area contributed by atoms with Crippen molar-refractivity contribution in [2.24, 2.45) is 17.3 Å². The molecule has 2 nitrogen and oxygen atoms in total. The molecule has 2 heteroatoms. The minimum atomic E-state index is 0.323. The molecule has 4 fully saturated rings. The van der Waals surface area contributed by atoms with Crippen molar-refractivity contribution in [3.8, 4) is 11.4 Å². The fourth-order valence-electron chi connectivity index (χ4n) is 12.6. The summed E-state index contributed by atoms with van der Waals surface area (Å²) in [5.41, 5.74) is 11.9. The zero-order valence-corrected chi connectivity index (χ0v) is 26.9. The van der Waals surface area contributed by atoms with Crippen LogP contribution in [0.4, 0.5) is 0 Å². The summed E-state index contributed by atoms with van der Waals surface area (Å²) in [5, 5.41) is 5.31. The molecule has 0 aliphatic heterocycles. The lowest BCUT2D eigenvalue weighted by Gasteiger charge is -2.78. The van der Waals surface area contributed by atoms with Crippen molar-refractivity contribution in [1.82, 2.24) is 9.13 Å². The van der Waals surface area contributed by atoms with Crippen LogP contribution < -0.4 is 0 Å². The molecule has 2 aromatic heterocycles. The van der Waals surface area contributed by atoms with E-state index in [2.05, 4.69) is 155 Å². The van der Waals surface area contributed by atoms with Gasteiger partial charge in [-0.15, -0.1) is 0 Å². The fourth-order valence-corrected chi connectivity index (χ4v) is 12.6. The van der Waals surface area contributed by atoms with Crippen LogP contribution in [0.25, 0.3) is 55.0 Å². The first-order valence-electron chi connectivity index (χ1n) is 17.9. The van der Waals surface area contributed by atoms with Crippen LogP contribution in [-0.4, -0.2) is 9.13 Å². The Morgan fingerprint density at radius 2 is 0.729 bits per heavy atom. The third-order valence-electron chi connectivity index (χ3n) is 14.0. The Labute approximate surface area is 280 Å². The molecule has 2 heterocycles. The van der Waals surface area contributed by atoms with Gasteiger partial charge in [0.05, 0.1) is 22.1 Å². The summed E-state index contributed by atoms with van der Waals surface area (Å²) in [6.07, 6.45) is 6.92. The van der Waals surface area contributed by atoms with Crippen molar-refractivity contribution < 1.29 is 0 Å². The minimum absolute atomic E-state index is 0.323. The molecule has 1 spiro atoms. The molecule has 12 rings (SSSR count). The van der Waals surface area contributed by atoms with E-state index in [1.54, 1.807) is 11.1 Å². The van der Waals surface area contributed by atoms with Crippen LogP contribution in [0.1, 0.15) is 43.2 Å². The second-order valence-electron chi connectivity index (χ2n) is 15.6. The van der Waals surface area contributed by atoms with Gasteiger partial charge in [0.25, 0.3) is 0 Å². The summed E-state index contributed by atoms with van der Waals surface area (Å²) in [4.78, 5) is 0. The predicted octanol–water partition coefficient (Wildman–Crippen LogP) is 11.3. The maximum atomic E-state index is 2.51. The van der Waals surface area contributed by atoms with Crippen LogP contribution in [-0.2, 0) is 10.8 Å². The summed E-state index contributed by atoms with van der Waals surface area (Å²) in [6, 6.07) is 55.1. The van der Waals surface area contributed by atoms with E-state index in [0.29, 0.717) is 16.2 Å². The van der Waals surface area contributed by atoms with Gasteiger partial charge in [-0.25, -0.2) is 0 Å². The van der Waals surface area contributed by atoms with Crippen LogP contribution in [0.3, 0.4) is 0 Å². The lowest BCUT2D eigenvalue weighted by Crippen LogP contribution is -2.75. The van der Waals surface area contributed by atoms with Gasteiger partial charge in [0, 0.05) is 43.7 Å². The Balaban J connectivity index is 0.934. The molecular formula is C46H36N2. The summed E-state index contributed by atoms with van der Waals surface area (Å²) >= 11 is 0. The highest BCUT2D eigenvalue weighted by atomic mass is 15.0. The van der Waals surface area contributed by atoms with E-state index in [4.69, 9.17) is 0 Å². The van der Waals surface area contributed by atoms with Crippen LogP contribution in [0.5, 0.6) is 0 Å². The van der Waals surface area contributed by atoms with Crippen molar-refractivity contribution in [2.45, 2.75) is 42.9 Å². The standard InChI is InChI=1S/C46H36N2/c1-5-13-40-36(9-1)37-10-2-6-14-41(37)47(40)34-21-17-31(18-22-34)44-25-30-26-45(29-33(28-44)46(44,45)27-30)32-19-23-35(24-20-32)48-42-15-7-3-11-38(42)39-12-4-8-16-43(39)48/h1-24,30,33H,25-29H2. The molecule has 48 heavy (non-hydrogen) atoms. The van der Waals surface area contributed by atoms with E-state index in [1.165, 1.54) is 87.1 Å². The van der Waals surface area contributed by atoms with Crippen molar-refractivity contribution in [1.29, 1.82) is 0 Å². The zero-order valence-electron chi connectivity index (χ0n) is 26.9. The lowest BCUT2D eigenvalue weighted by molar-refractivity contribution is -0.220. The molecule has 4 aliphatic carbocycles. The molecule has 6 aromatic carbocycles. The first-order valence-corrected chi connectivity index (χ1v) is 17.9. The smallest absolute Gasteiger partial charge is 0.0541 e. The molecule has 0 N–H and O–H groups in total. The number of para-hydroxylation sites is 4. The first kappa shape index (κ1) is 25.9. The third-order valence-corrected chi connectivity index (χ3v) is 14.0. The van der Waals surface area contributed by atoms with Crippen molar-refractivity contribution >= 4 is 43.6 Å². The Bertz CT molecular complexity index is 2330. The highest BCUT2D eigenvalue weighted by molar-refractivity contribution is 6.10. The topological polar surface area (TPSA) is 9.86 Å². The van der Waals surface area contributed by atoms with Gasteiger partial charge in [0.15, 0.2) is 0 Å². The fraction of sp³-hybridized carbons (Fsp3) is 0.217. The van der Waals surface area contributed by atoms with Crippen molar-refractivity contribution in [3.63, 3.8) is 0 Å². The van der Waals surface area contributed by atoms with Crippen LogP contribution in [0, 0.1) is 17.3 Å². The maximum absolute atomic E-state index is 2.51. The number of benzene rings is 6. The second kappa shape index (κ2) is 8.68. The van der Waals surface area contributed by atoms with Gasteiger partial charge in [0.2, 0.25) is 0 Å². The van der Waals surface area contributed by atoms with Crippen LogP contribution in [0.15, 0.2) is 146 Å². The predicted molar refractivity (Wildman–Crippen MR) is 197 cm³/mol. The van der Waals surface area contributed by atoms with E-state index < -0.39 is 0 Å². The molecular weight excluding hydrogens is 581 g/mol. The number of nitrogens with zero attached hydrogens (tertiary/aromatic N) is 2. The normalized spacial score (nSPS) is 28.2. The number of hydrogen-bond acceptors (Lipinski definition) is 0. The summed E-state index contributed by atoms with van der Waals surface area (Å²) < 4.78 is 4.92. The average molecular weight is 617 g/mol. The van der Waals surface area contributed by atoms with E-state index in [1.807, 2.05) is 0 Å². The Hall–Kier alpha value is -5.08. The summed E-state index contributed by atoms with van der Waals surface area (Å²) in [6.45, 7) is 0. The SMILES string of the molecule is c1ccc2c(c1)c1ccccc1n2-c1ccc(C23CC4CC5(c6ccc(-n7c8ccccc8c8ccccc87)cc6)CC(C2)C35C4)cc1. The number of rotatable bonds is 4. The van der Waals surface area contributed by atoms with Crippen molar-refractivity contribution in [2.75, 3.05) is 0 Å². The molecule has 0 saturated heterocycles. The molecule has 2 unspecified atom stereocenters. The van der Waals surface area contributed by atoms with Crippen molar-refractivity contribution in [3.05, 3.63) is 157 Å². The quantitative estimate of drug-likeness (QED) is 0.186. The van der Waals surface area contributed by atoms with Gasteiger partial charge >= 0.3 is 0 Å². The van der Waals surface area contributed by atoms with Gasteiger partial charge in [-0.1, -0.05) is 97.1 Å². The Morgan fingerprint density at radius 3 is 1.08 bits per heavy atom. The van der Waals surface area contributed by atoms with Gasteiger partial charge < -0.3 is 9.13 Å². The molecule has 4 aliphatic rings. The number of fused-ring (bicyclic) bond motifs is 7. The second-order valence-corrected chi connectivity index (χ2v) is 15.6. The molecule has 0 radical (unpaired) electrons. The Morgan fingerprint density at radius 1 is 0.375 bits per heavy atom. The molecule has 8 aromatic rings. The minimum Gasteiger partial charge on any atom is -0.309 e. The maximum Gasteiger partial charge on any atom is 0.0541 e. The molecule has 4 saturated carbocycles. The van der Waals surface area contributed by atoms with Crippen LogP contribution in [0.2, 0.25) is 0 Å². The van der Waals surface area contributed by atoms with E-state index in [9.17, 15) is 0 Å². The van der Waals surface area contributed by atoms with Gasteiger partial charge in [-0.3, -0.25) is 0 Å². The Kier molecular flexibility index (Phi) is 4.69. The summed E-state index contributed by atoms with van der Waals surface area (Å²) in [5.74, 6) is 1.71. The lowest BCUT2D eigenvalue weighted by atomic mass is 9.25.